The second-order valence-electron chi connectivity index (χ2n) is 10.2. The number of aromatic nitrogens is 3. The molecule has 4 aromatic rings. The largest absolute Gasteiger partial charge is 0.351 e. The molecule has 4 heterocycles. The van der Waals surface area contributed by atoms with Crippen LogP contribution in [-0.2, 0) is 4.79 Å². The van der Waals surface area contributed by atoms with Gasteiger partial charge in [0.2, 0.25) is 5.91 Å². The zero-order chi connectivity index (χ0) is 27.8. The van der Waals surface area contributed by atoms with Crippen molar-refractivity contribution < 1.29 is 4.79 Å². The molecule has 1 fully saturated rings. The highest BCUT2D eigenvalue weighted by Gasteiger charge is 2.42. The summed E-state index contributed by atoms with van der Waals surface area (Å²) in [6.45, 7) is 9.91. The van der Waals surface area contributed by atoms with E-state index in [9.17, 15) is 4.79 Å². The zero-order valence-electron chi connectivity index (χ0n) is 22.6. The number of carbonyl (C=O) groups is 1. The van der Waals surface area contributed by atoms with Gasteiger partial charge >= 0.3 is 0 Å². The molecule has 1 aliphatic heterocycles. The van der Waals surface area contributed by atoms with Crippen LogP contribution in [0.1, 0.15) is 54.1 Å². The molecule has 9 heteroatoms. The van der Waals surface area contributed by atoms with E-state index < -0.39 is 0 Å². The average Bonchev–Trinajstić information content (AvgIpc) is 3.41. The molecule has 3 aromatic heterocycles. The Balaban J connectivity index is 1.61. The van der Waals surface area contributed by atoms with Gasteiger partial charge in [0.25, 0.3) is 0 Å². The summed E-state index contributed by atoms with van der Waals surface area (Å²) in [6, 6.07) is 17.4. The Morgan fingerprint density at radius 3 is 2.51 bits per heavy atom. The van der Waals surface area contributed by atoms with E-state index in [0.717, 1.165) is 39.7 Å². The number of pyridine rings is 2. The molecule has 1 aromatic carbocycles. The van der Waals surface area contributed by atoms with Crippen LogP contribution in [0, 0.1) is 26.7 Å². The minimum absolute atomic E-state index is 0.0896. The summed E-state index contributed by atoms with van der Waals surface area (Å²) in [5.41, 5.74) is 6.63. The number of hydrogen-bond donors (Lipinski definition) is 2. The molecule has 7 nitrogen and oxygen atoms in total. The maximum absolute atomic E-state index is 12.3. The van der Waals surface area contributed by atoms with E-state index in [-0.39, 0.29) is 23.9 Å². The maximum atomic E-state index is 12.3. The molecule has 0 spiro atoms. The summed E-state index contributed by atoms with van der Waals surface area (Å²) in [5.74, 6) is 0.621. The lowest BCUT2D eigenvalue weighted by Crippen LogP contribution is -2.29. The average molecular weight is 559 g/mol. The van der Waals surface area contributed by atoms with E-state index in [1.807, 2.05) is 69.4 Å². The van der Waals surface area contributed by atoms with Crippen molar-refractivity contribution in [3.8, 4) is 5.82 Å². The summed E-state index contributed by atoms with van der Waals surface area (Å²) in [7, 11) is 0. The van der Waals surface area contributed by atoms with E-state index in [0.29, 0.717) is 15.8 Å². The fraction of sp³-hybridized carbons (Fsp3) is 0.267. The Kier molecular flexibility index (Phi) is 7.42. The fourth-order valence-electron chi connectivity index (χ4n) is 5.01. The standard InChI is InChI=1S/C30H31ClN6OS/c1-17(2)29(38)34-24-11-10-21(15-23(24)31)37-28(27(35-30(37)39)25-8-6-7-13-32-25)22-14-19(4)36(20(22)5)26-12-9-18(3)16-33-26/h6-17,27-28H,1-5H3,(H,34,38)(H,35,39)/t27-,28-/m1/s1. The summed E-state index contributed by atoms with van der Waals surface area (Å²) in [6.07, 6.45) is 3.67. The van der Waals surface area contributed by atoms with Crippen molar-refractivity contribution in [1.82, 2.24) is 19.9 Å². The highest BCUT2D eigenvalue weighted by molar-refractivity contribution is 7.80. The van der Waals surface area contributed by atoms with Gasteiger partial charge in [-0.1, -0.05) is 37.6 Å². The predicted molar refractivity (Wildman–Crippen MR) is 161 cm³/mol. The smallest absolute Gasteiger partial charge is 0.226 e. The van der Waals surface area contributed by atoms with Crippen molar-refractivity contribution in [3.05, 3.63) is 100 Å². The lowest BCUT2D eigenvalue weighted by molar-refractivity contribution is -0.118. The van der Waals surface area contributed by atoms with Crippen LogP contribution in [-0.4, -0.2) is 25.6 Å². The molecule has 1 aliphatic rings. The monoisotopic (exact) mass is 558 g/mol. The number of thiocarbonyl (C=S) groups is 1. The minimum Gasteiger partial charge on any atom is -0.351 e. The molecule has 0 unspecified atom stereocenters. The molecule has 2 atom stereocenters. The number of halogens is 1. The predicted octanol–water partition coefficient (Wildman–Crippen LogP) is 6.62. The molecule has 0 aliphatic carbocycles. The van der Waals surface area contributed by atoms with Gasteiger partial charge in [0.15, 0.2) is 5.11 Å². The molecular weight excluding hydrogens is 528 g/mol. The lowest BCUT2D eigenvalue weighted by atomic mass is 9.96. The van der Waals surface area contributed by atoms with Crippen molar-refractivity contribution in [2.24, 2.45) is 5.92 Å². The highest BCUT2D eigenvalue weighted by atomic mass is 35.5. The summed E-state index contributed by atoms with van der Waals surface area (Å²) < 4.78 is 2.17. The highest BCUT2D eigenvalue weighted by Crippen LogP contribution is 2.44. The molecule has 200 valence electrons. The number of hydrogen-bond acceptors (Lipinski definition) is 4. The van der Waals surface area contributed by atoms with Crippen LogP contribution < -0.4 is 15.5 Å². The van der Waals surface area contributed by atoms with Crippen LogP contribution in [0.2, 0.25) is 5.02 Å². The van der Waals surface area contributed by atoms with Gasteiger partial charge in [-0.25, -0.2) is 4.98 Å². The number of carbonyl (C=O) groups excluding carboxylic acids is 1. The van der Waals surface area contributed by atoms with E-state index >= 15 is 0 Å². The molecule has 0 radical (unpaired) electrons. The van der Waals surface area contributed by atoms with Gasteiger partial charge in [0.1, 0.15) is 5.82 Å². The van der Waals surface area contributed by atoms with E-state index in [1.165, 1.54) is 0 Å². The first-order chi connectivity index (χ1) is 18.7. The van der Waals surface area contributed by atoms with E-state index in [2.05, 4.69) is 56.0 Å². The first kappa shape index (κ1) is 26.8. The Morgan fingerprint density at radius 1 is 1.08 bits per heavy atom. The Hall–Kier alpha value is -3.75. The third kappa shape index (κ3) is 5.14. The number of amides is 1. The van der Waals surface area contributed by atoms with Gasteiger partial charge in [-0.2, -0.15) is 0 Å². The van der Waals surface area contributed by atoms with Crippen LogP contribution in [0.25, 0.3) is 5.82 Å². The van der Waals surface area contributed by atoms with Crippen LogP contribution in [0.3, 0.4) is 0 Å². The maximum Gasteiger partial charge on any atom is 0.226 e. The molecule has 5 rings (SSSR count). The molecule has 1 saturated heterocycles. The third-order valence-corrected chi connectivity index (χ3v) is 7.65. The van der Waals surface area contributed by atoms with Gasteiger partial charge in [-0.15, -0.1) is 0 Å². The van der Waals surface area contributed by atoms with Crippen molar-refractivity contribution in [2.45, 2.75) is 46.7 Å². The first-order valence-electron chi connectivity index (χ1n) is 12.9. The summed E-state index contributed by atoms with van der Waals surface area (Å²) in [4.78, 5) is 23.7. The van der Waals surface area contributed by atoms with E-state index in [4.69, 9.17) is 23.8 Å². The van der Waals surface area contributed by atoms with Gasteiger partial charge in [0.05, 0.1) is 28.5 Å². The van der Waals surface area contributed by atoms with Crippen molar-refractivity contribution in [3.63, 3.8) is 0 Å². The van der Waals surface area contributed by atoms with Crippen LogP contribution in [0.5, 0.6) is 0 Å². The Labute approximate surface area is 239 Å². The number of nitrogens with zero attached hydrogens (tertiary/aromatic N) is 4. The zero-order valence-corrected chi connectivity index (χ0v) is 24.1. The molecule has 1 amide bonds. The molecule has 2 N–H and O–H groups in total. The van der Waals surface area contributed by atoms with Gasteiger partial charge in [0, 0.05) is 35.4 Å². The second kappa shape index (κ2) is 10.8. The lowest BCUT2D eigenvalue weighted by Gasteiger charge is -2.28. The summed E-state index contributed by atoms with van der Waals surface area (Å²) >= 11 is 12.6. The van der Waals surface area contributed by atoms with Gasteiger partial charge < -0.3 is 20.1 Å². The topological polar surface area (TPSA) is 75.1 Å². The quantitative estimate of drug-likeness (QED) is 0.259. The van der Waals surface area contributed by atoms with Gasteiger partial charge in [-0.3, -0.25) is 9.78 Å². The van der Waals surface area contributed by atoms with Crippen LogP contribution >= 0.6 is 23.8 Å². The minimum atomic E-state index is -0.204. The third-order valence-electron chi connectivity index (χ3n) is 7.02. The molecule has 0 bridgehead atoms. The fourth-order valence-corrected chi connectivity index (χ4v) is 5.58. The number of aryl methyl sites for hydroxylation is 2. The van der Waals surface area contributed by atoms with Crippen molar-refractivity contribution in [2.75, 3.05) is 10.2 Å². The number of benzene rings is 1. The van der Waals surface area contributed by atoms with Crippen molar-refractivity contribution >= 4 is 46.2 Å². The Bertz CT molecular complexity index is 1530. The van der Waals surface area contributed by atoms with E-state index in [1.54, 1.807) is 6.20 Å². The van der Waals surface area contributed by atoms with Crippen LogP contribution in [0.15, 0.2) is 67.0 Å². The summed E-state index contributed by atoms with van der Waals surface area (Å²) in [5, 5.41) is 7.43. The normalized spacial score (nSPS) is 17.0. The number of anilines is 2. The molecule has 39 heavy (non-hydrogen) atoms. The molecular formula is C30H31ClN6OS. The second-order valence-corrected chi connectivity index (χ2v) is 11.0. The number of nitrogens with one attached hydrogen (secondary N) is 2. The SMILES string of the molecule is Cc1ccc(-n2c(C)cc([C@@H]3[C@@H](c4ccccn4)NC(=S)N3c3ccc(NC(=O)C(C)C)c(Cl)c3)c2C)nc1. The number of rotatable bonds is 6. The van der Waals surface area contributed by atoms with Crippen LogP contribution in [0.4, 0.5) is 11.4 Å². The van der Waals surface area contributed by atoms with Gasteiger partial charge in [-0.05, 0) is 86.6 Å². The Morgan fingerprint density at radius 2 is 1.87 bits per heavy atom. The first-order valence-corrected chi connectivity index (χ1v) is 13.7. The molecule has 0 saturated carbocycles. The van der Waals surface area contributed by atoms with Crippen molar-refractivity contribution in [1.29, 1.82) is 0 Å².